The van der Waals surface area contributed by atoms with Crippen molar-refractivity contribution in [2.45, 2.75) is 0 Å². The van der Waals surface area contributed by atoms with Crippen LogP contribution in [0.4, 0.5) is 5.69 Å². The van der Waals surface area contributed by atoms with Crippen LogP contribution in [0.3, 0.4) is 0 Å². The van der Waals surface area contributed by atoms with E-state index in [-0.39, 0.29) is 5.91 Å². The van der Waals surface area contributed by atoms with Gasteiger partial charge in [-0.2, -0.15) is 5.10 Å². The third-order valence-corrected chi connectivity index (χ3v) is 4.98. The molecular formula is C20H14ClN7O. The fourth-order valence-corrected chi connectivity index (χ4v) is 3.28. The molecule has 1 N–H and O–H groups in total. The van der Waals surface area contributed by atoms with Crippen molar-refractivity contribution in [3.8, 4) is 11.3 Å². The smallest absolute Gasteiger partial charge is 0.278 e. The minimum absolute atomic E-state index is 0.263. The van der Waals surface area contributed by atoms with Crippen LogP contribution in [0.15, 0.2) is 61.3 Å². The molecule has 0 radical (unpaired) electrons. The first-order valence-electron chi connectivity index (χ1n) is 8.76. The first-order valence-corrected chi connectivity index (χ1v) is 9.14. The summed E-state index contributed by atoms with van der Waals surface area (Å²) in [6, 6.07) is 9.34. The highest BCUT2D eigenvalue weighted by atomic mass is 35.5. The van der Waals surface area contributed by atoms with E-state index in [0.29, 0.717) is 22.2 Å². The number of imidazole rings is 1. The van der Waals surface area contributed by atoms with Gasteiger partial charge in [0.1, 0.15) is 10.8 Å². The van der Waals surface area contributed by atoms with E-state index < -0.39 is 0 Å². The average Bonchev–Trinajstić information content (AvgIpc) is 3.39. The highest BCUT2D eigenvalue weighted by Gasteiger charge is 2.17. The second kappa shape index (κ2) is 6.68. The average molecular weight is 404 g/mol. The van der Waals surface area contributed by atoms with Crippen molar-refractivity contribution in [3.63, 3.8) is 0 Å². The maximum absolute atomic E-state index is 12.9. The molecule has 0 saturated heterocycles. The lowest BCUT2D eigenvalue weighted by molar-refractivity contribution is 0.0987. The van der Waals surface area contributed by atoms with Gasteiger partial charge in [-0.1, -0.05) is 17.7 Å². The number of H-pyrrole nitrogens is 1. The minimum Gasteiger partial charge on any atom is -0.309 e. The molecule has 142 valence electrons. The van der Waals surface area contributed by atoms with Gasteiger partial charge in [0.25, 0.3) is 5.91 Å². The number of anilines is 1. The van der Waals surface area contributed by atoms with Crippen LogP contribution in [0.1, 0.15) is 10.5 Å². The van der Waals surface area contributed by atoms with Gasteiger partial charge in [0.2, 0.25) is 0 Å². The first-order chi connectivity index (χ1) is 14.1. The standard InChI is InChI=1S/C20H14ClN7O/c1-27(14-3-5-18(21)23-8-14)20(29)16-11-28-17(9-24-19(28)10-22-16)12-2-4-15-13(6-12)7-25-26-15/h2-11H,1H3,(H,25,26). The molecule has 1 amide bonds. The van der Waals surface area contributed by atoms with Crippen LogP contribution in [0.2, 0.25) is 5.15 Å². The van der Waals surface area contributed by atoms with Crippen molar-refractivity contribution in [1.29, 1.82) is 0 Å². The van der Waals surface area contributed by atoms with E-state index in [4.69, 9.17) is 11.6 Å². The van der Waals surface area contributed by atoms with Crippen LogP contribution in [0, 0.1) is 0 Å². The Hall–Kier alpha value is -3.78. The van der Waals surface area contributed by atoms with Crippen LogP contribution in [0.5, 0.6) is 0 Å². The Labute approximate surface area is 169 Å². The maximum Gasteiger partial charge on any atom is 0.278 e. The number of carbonyl (C=O) groups is 1. The van der Waals surface area contributed by atoms with Crippen LogP contribution < -0.4 is 4.90 Å². The number of rotatable bonds is 3. The second-order valence-electron chi connectivity index (χ2n) is 6.52. The molecule has 1 aromatic carbocycles. The highest BCUT2D eigenvalue weighted by Crippen LogP contribution is 2.25. The van der Waals surface area contributed by atoms with E-state index in [2.05, 4.69) is 25.1 Å². The number of nitrogens with one attached hydrogen (secondary N) is 1. The summed E-state index contributed by atoms with van der Waals surface area (Å²) in [5.74, 6) is -0.263. The van der Waals surface area contributed by atoms with E-state index in [0.717, 1.165) is 22.2 Å². The summed E-state index contributed by atoms with van der Waals surface area (Å²) >= 11 is 5.83. The van der Waals surface area contributed by atoms with Gasteiger partial charge in [-0.05, 0) is 24.3 Å². The van der Waals surface area contributed by atoms with Gasteiger partial charge in [-0.15, -0.1) is 0 Å². The molecule has 9 heteroatoms. The fraction of sp³-hybridized carbons (Fsp3) is 0.0500. The molecule has 0 aliphatic carbocycles. The van der Waals surface area contributed by atoms with Crippen molar-refractivity contribution in [3.05, 3.63) is 72.2 Å². The van der Waals surface area contributed by atoms with Crippen molar-refractivity contribution < 1.29 is 4.79 Å². The molecule has 0 fully saturated rings. The number of carbonyl (C=O) groups excluding carboxylic acids is 1. The number of benzene rings is 1. The van der Waals surface area contributed by atoms with Gasteiger partial charge in [-0.25, -0.2) is 15.0 Å². The van der Waals surface area contributed by atoms with E-state index in [1.54, 1.807) is 50.2 Å². The Bertz CT molecular complexity index is 1360. The van der Waals surface area contributed by atoms with Crippen molar-refractivity contribution in [2.24, 2.45) is 0 Å². The lowest BCUT2D eigenvalue weighted by atomic mass is 10.1. The summed E-state index contributed by atoms with van der Waals surface area (Å²) in [6.45, 7) is 0. The molecule has 0 aliphatic heterocycles. The maximum atomic E-state index is 12.9. The lowest BCUT2D eigenvalue weighted by Crippen LogP contribution is -2.27. The Morgan fingerprint density at radius 3 is 2.79 bits per heavy atom. The molecule has 5 aromatic rings. The quantitative estimate of drug-likeness (QED) is 0.465. The normalized spacial score (nSPS) is 11.2. The number of aromatic nitrogens is 6. The Morgan fingerprint density at radius 1 is 1.07 bits per heavy atom. The molecule has 8 nitrogen and oxygen atoms in total. The number of hydrogen-bond acceptors (Lipinski definition) is 5. The van der Waals surface area contributed by atoms with E-state index >= 15 is 0 Å². The minimum atomic E-state index is -0.263. The number of fused-ring (bicyclic) bond motifs is 2. The summed E-state index contributed by atoms with van der Waals surface area (Å²) in [4.78, 5) is 27.1. The van der Waals surface area contributed by atoms with Crippen LogP contribution in [-0.2, 0) is 0 Å². The molecule has 0 spiro atoms. The third-order valence-electron chi connectivity index (χ3n) is 4.75. The molecular weight excluding hydrogens is 390 g/mol. The first kappa shape index (κ1) is 17.3. The van der Waals surface area contributed by atoms with Gasteiger partial charge in [-0.3, -0.25) is 14.3 Å². The molecule has 4 heterocycles. The zero-order valence-corrected chi connectivity index (χ0v) is 16.0. The van der Waals surface area contributed by atoms with Crippen molar-refractivity contribution >= 4 is 39.7 Å². The predicted molar refractivity (Wildman–Crippen MR) is 110 cm³/mol. The van der Waals surface area contributed by atoms with Crippen LogP contribution in [0.25, 0.3) is 27.8 Å². The number of hydrogen-bond donors (Lipinski definition) is 1. The largest absolute Gasteiger partial charge is 0.309 e. The summed E-state index contributed by atoms with van der Waals surface area (Å²) < 4.78 is 1.86. The number of pyridine rings is 1. The number of aromatic amines is 1. The molecule has 0 unspecified atom stereocenters. The van der Waals surface area contributed by atoms with Crippen LogP contribution >= 0.6 is 11.6 Å². The summed E-state index contributed by atoms with van der Waals surface area (Å²) in [5.41, 5.74) is 4.34. The van der Waals surface area contributed by atoms with E-state index in [9.17, 15) is 4.79 Å². The van der Waals surface area contributed by atoms with Gasteiger partial charge >= 0.3 is 0 Å². The molecule has 0 bridgehead atoms. The van der Waals surface area contributed by atoms with Gasteiger partial charge in [0.15, 0.2) is 5.65 Å². The second-order valence-corrected chi connectivity index (χ2v) is 6.91. The van der Waals surface area contributed by atoms with Crippen molar-refractivity contribution in [2.75, 3.05) is 11.9 Å². The number of halogens is 1. The monoisotopic (exact) mass is 403 g/mol. The topological polar surface area (TPSA) is 92.1 Å². The highest BCUT2D eigenvalue weighted by molar-refractivity contribution is 6.29. The van der Waals surface area contributed by atoms with Gasteiger partial charge in [0, 0.05) is 24.2 Å². The summed E-state index contributed by atoms with van der Waals surface area (Å²) in [5, 5.41) is 8.36. The molecule has 0 saturated carbocycles. The fourth-order valence-electron chi connectivity index (χ4n) is 3.17. The van der Waals surface area contributed by atoms with Gasteiger partial charge in [0.05, 0.1) is 41.7 Å². The Morgan fingerprint density at radius 2 is 1.97 bits per heavy atom. The zero-order valence-electron chi connectivity index (χ0n) is 15.2. The van der Waals surface area contributed by atoms with Crippen LogP contribution in [-0.4, -0.2) is 42.5 Å². The molecule has 5 rings (SSSR count). The summed E-state index contributed by atoms with van der Waals surface area (Å²) in [6.07, 6.45) is 8.36. The predicted octanol–water partition coefficient (Wildman–Crippen LogP) is 3.60. The molecule has 0 atom stereocenters. The summed E-state index contributed by atoms with van der Waals surface area (Å²) in [7, 11) is 1.67. The Balaban J connectivity index is 1.55. The zero-order chi connectivity index (χ0) is 20.0. The Kier molecular flexibility index (Phi) is 3.99. The molecule has 0 aliphatic rings. The van der Waals surface area contributed by atoms with E-state index in [1.807, 2.05) is 22.6 Å². The van der Waals surface area contributed by atoms with E-state index in [1.165, 1.54) is 4.90 Å². The molecule has 4 aromatic heterocycles. The third kappa shape index (κ3) is 2.99. The lowest BCUT2D eigenvalue weighted by Gasteiger charge is -2.16. The SMILES string of the molecule is CN(C(=O)c1cn2c(-c3ccc4[nH]ncc4c3)cnc2cn1)c1ccc(Cl)nc1. The number of nitrogens with zero attached hydrogens (tertiary/aromatic N) is 6. The number of amides is 1. The van der Waals surface area contributed by atoms with Crippen molar-refractivity contribution in [1.82, 2.24) is 29.5 Å². The van der Waals surface area contributed by atoms with Gasteiger partial charge < -0.3 is 4.90 Å². The molecule has 29 heavy (non-hydrogen) atoms.